The average Bonchev–Trinajstić information content (AvgIpc) is 2.36. The zero-order valence-corrected chi connectivity index (χ0v) is 12.3. The Kier molecular flexibility index (Phi) is 5.11. The number of amides is 2. The molecule has 0 atom stereocenters. The van der Waals surface area contributed by atoms with Crippen molar-refractivity contribution in [2.24, 2.45) is 5.41 Å². The molecule has 0 radical (unpaired) electrons. The number of aliphatic hydroxyl groups excluding tert-OH is 1. The van der Waals surface area contributed by atoms with Crippen molar-refractivity contribution < 1.29 is 14.7 Å². The van der Waals surface area contributed by atoms with Crippen molar-refractivity contribution in [3.8, 4) is 0 Å². The lowest BCUT2D eigenvalue weighted by molar-refractivity contribution is -0.139. The van der Waals surface area contributed by atoms with Gasteiger partial charge in [0.1, 0.15) is 6.61 Å². The Morgan fingerprint density at radius 3 is 2.00 bits per heavy atom. The van der Waals surface area contributed by atoms with E-state index in [1.165, 1.54) is 0 Å². The van der Waals surface area contributed by atoms with Gasteiger partial charge >= 0.3 is 0 Å². The maximum atomic E-state index is 12.1. The van der Waals surface area contributed by atoms with Gasteiger partial charge in [-0.2, -0.15) is 0 Å². The van der Waals surface area contributed by atoms with Gasteiger partial charge in [0.15, 0.2) is 0 Å². The van der Waals surface area contributed by atoms with Crippen LogP contribution in [0.2, 0.25) is 0 Å². The number of piperazine rings is 1. The first kappa shape index (κ1) is 15.7. The summed E-state index contributed by atoms with van der Waals surface area (Å²) < 4.78 is 0. The highest BCUT2D eigenvalue weighted by Crippen LogP contribution is 2.24. The SMILES string of the molecule is CC(=CC(=O)N1CCN(C(=O)CO)CC1)C(C)(C)C. The largest absolute Gasteiger partial charge is 0.387 e. The maximum Gasteiger partial charge on any atom is 0.248 e. The second-order valence-corrected chi connectivity index (χ2v) is 5.94. The van der Waals surface area contributed by atoms with Gasteiger partial charge in [-0.3, -0.25) is 9.59 Å². The summed E-state index contributed by atoms with van der Waals surface area (Å²) in [5, 5.41) is 8.79. The zero-order valence-electron chi connectivity index (χ0n) is 12.3. The minimum atomic E-state index is -0.461. The van der Waals surface area contributed by atoms with Crippen molar-refractivity contribution >= 4 is 11.8 Å². The van der Waals surface area contributed by atoms with E-state index < -0.39 is 6.61 Å². The number of aliphatic hydroxyl groups is 1. The minimum absolute atomic E-state index is 0.00326. The molecule has 19 heavy (non-hydrogen) atoms. The van der Waals surface area contributed by atoms with Gasteiger partial charge in [-0.1, -0.05) is 26.3 Å². The predicted molar refractivity (Wildman–Crippen MR) is 73.5 cm³/mol. The number of carbonyl (C=O) groups excluding carboxylic acids is 2. The van der Waals surface area contributed by atoms with Gasteiger partial charge in [-0.15, -0.1) is 0 Å². The van der Waals surface area contributed by atoms with Gasteiger partial charge < -0.3 is 14.9 Å². The van der Waals surface area contributed by atoms with Crippen LogP contribution >= 0.6 is 0 Å². The summed E-state index contributed by atoms with van der Waals surface area (Å²) in [6, 6.07) is 0. The molecular weight excluding hydrogens is 244 g/mol. The van der Waals surface area contributed by atoms with Crippen LogP contribution < -0.4 is 0 Å². The van der Waals surface area contributed by atoms with Crippen LogP contribution in [0.3, 0.4) is 0 Å². The second kappa shape index (κ2) is 6.19. The zero-order chi connectivity index (χ0) is 14.6. The molecule has 108 valence electrons. The van der Waals surface area contributed by atoms with Crippen LogP contribution in [0.1, 0.15) is 27.7 Å². The second-order valence-electron chi connectivity index (χ2n) is 5.94. The molecule has 1 aliphatic rings. The van der Waals surface area contributed by atoms with Crippen LogP contribution in [0.5, 0.6) is 0 Å². The minimum Gasteiger partial charge on any atom is -0.387 e. The molecule has 0 aromatic carbocycles. The first-order valence-electron chi connectivity index (χ1n) is 6.62. The van der Waals surface area contributed by atoms with Crippen LogP contribution in [0.4, 0.5) is 0 Å². The van der Waals surface area contributed by atoms with Crippen LogP contribution in [0.15, 0.2) is 11.6 Å². The van der Waals surface area contributed by atoms with Crippen molar-refractivity contribution in [1.29, 1.82) is 0 Å². The van der Waals surface area contributed by atoms with E-state index in [9.17, 15) is 9.59 Å². The third-order valence-electron chi connectivity index (χ3n) is 3.60. The third-order valence-corrected chi connectivity index (χ3v) is 3.60. The summed E-state index contributed by atoms with van der Waals surface area (Å²) in [6.07, 6.45) is 1.68. The van der Waals surface area contributed by atoms with E-state index in [4.69, 9.17) is 5.11 Å². The van der Waals surface area contributed by atoms with Crippen LogP contribution in [-0.2, 0) is 9.59 Å². The molecule has 1 aliphatic heterocycles. The lowest BCUT2D eigenvalue weighted by Crippen LogP contribution is -2.51. The number of carbonyl (C=O) groups is 2. The lowest BCUT2D eigenvalue weighted by atomic mass is 9.87. The Morgan fingerprint density at radius 1 is 1.11 bits per heavy atom. The fourth-order valence-corrected chi connectivity index (χ4v) is 1.77. The first-order valence-corrected chi connectivity index (χ1v) is 6.62. The van der Waals surface area contributed by atoms with Crippen molar-refractivity contribution in [1.82, 2.24) is 9.80 Å². The molecule has 0 aromatic heterocycles. The summed E-state index contributed by atoms with van der Waals surface area (Å²) in [4.78, 5) is 26.7. The Balaban J connectivity index is 2.57. The molecule has 0 spiro atoms. The van der Waals surface area contributed by atoms with E-state index in [0.29, 0.717) is 26.2 Å². The number of nitrogens with zero attached hydrogens (tertiary/aromatic N) is 2. The molecular formula is C14H24N2O3. The topological polar surface area (TPSA) is 60.9 Å². The van der Waals surface area contributed by atoms with E-state index in [0.717, 1.165) is 5.57 Å². The highest BCUT2D eigenvalue weighted by atomic mass is 16.3. The molecule has 5 nitrogen and oxygen atoms in total. The van der Waals surface area contributed by atoms with E-state index in [1.807, 2.05) is 6.92 Å². The fraction of sp³-hybridized carbons (Fsp3) is 0.714. The molecule has 0 bridgehead atoms. The van der Waals surface area contributed by atoms with E-state index in [-0.39, 0.29) is 17.2 Å². The molecule has 0 aromatic rings. The monoisotopic (exact) mass is 268 g/mol. The molecule has 1 heterocycles. The molecule has 1 N–H and O–H groups in total. The molecule has 1 fully saturated rings. The number of hydrogen-bond acceptors (Lipinski definition) is 3. The number of hydrogen-bond donors (Lipinski definition) is 1. The fourth-order valence-electron chi connectivity index (χ4n) is 1.77. The Hall–Kier alpha value is -1.36. The molecule has 0 unspecified atom stereocenters. The quantitative estimate of drug-likeness (QED) is 0.748. The maximum absolute atomic E-state index is 12.1. The Morgan fingerprint density at radius 2 is 1.58 bits per heavy atom. The van der Waals surface area contributed by atoms with E-state index >= 15 is 0 Å². The van der Waals surface area contributed by atoms with E-state index in [2.05, 4.69) is 20.8 Å². The molecule has 1 rings (SSSR count). The van der Waals surface area contributed by atoms with Gasteiger partial charge in [0, 0.05) is 32.3 Å². The highest BCUT2D eigenvalue weighted by Gasteiger charge is 2.23. The predicted octanol–water partition coefficient (Wildman–Crippen LogP) is 0.642. The third kappa shape index (κ3) is 4.35. The summed E-state index contributed by atoms with van der Waals surface area (Å²) in [5.41, 5.74) is 1.04. The van der Waals surface area contributed by atoms with Crippen LogP contribution in [0, 0.1) is 5.41 Å². The number of rotatable bonds is 2. The first-order chi connectivity index (χ1) is 8.75. The molecule has 2 amide bonds. The van der Waals surface area contributed by atoms with Crippen LogP contribution in [0.25, 0.3) is 0 Å². The van der Waals surface area contributed by atoms with Gasteiger partial charge in [0.25, 0.3) is 0 Å². The summed E-state index contributed by atoms with van der Waals surface area (Å²) in [5.74, 6) is -0.267. The van der Waals surface area contributed by atoms with Gasteiger partial charge in [0.05, 0.1) is 0 Å². The Labute approximate surface area is 114 Å². The standard InChI is InChI=1S/C14H24N2O3/c1-11(14(2,3)4)9-12(18)15-5-7-16(8-6-15)13(19)10-17/h9,17H,5-8,10H2,1-4H3. The van der Waals surface area contributed by atoms with Crippen molar-refractivity contribution in [2.45, 2.75) is 27.7 Å². The van der Waals surface area contributed by atoms with Crippen molar-refractivity contribution in [2.75, 3.05) is 32.8 Å². The summed E-state index contributed by atoms with van der Waals surface area (Å²) >= 11 is 0. The average molecular weight is 268 g/mol. The summed E-state index contributed by atoms with van der Waals surface area (Å²) in [6.45, 7) is 9.76. The highest BCUT2D eigenvalue weighted by molar-refractivity contribution is 5.88. The smallest absolute Gasteiger partial charge is 0.248 e. The molecule has 5 heteroatoms. The van der Waals surface area contributed by atoms with Gasteiger partial charge in [-0.25, -0.2) is 0 Å². The number of allylic oxidation sites excluding steroid dienone is 1. The molecule has 0 aliphatic carbocycles. The van der Waals surface area contributed by atoms with Gasteiger partial charge in [-0.05, 0) is 12.3 Å². The van der Waals surface area contributed by atoms with Crippen molar-refractivity contribution in [3.05, 3.63) is 11.6 Å². The normalized spacial score (nSPS) is 17.6. The lowest BCUT2D eigenvalue weighted by Gasteiger charge is -2.34. The molecule has 1 saturated heterocycles. The van der Waals surface area contributed by atoms with Crippen LogP contribution in [-0.4, -0.2) is 59.5 Å². The molecule has 0 saturated carbocycles. The van der Waals surface area contributed by atoms with E-state index in [1.54, 1.807) is 15.9 Å². The summed E-state index contributed by atoms with van der Waals surface area (Å²) in [7, 11) is 0. The van der Waals surface area contributed by atoms with Crippen molar-refractivity contribution in [3.63, 3.8) is 0 Å². The Bertz CT molecular complexity index is 375. The van der Waals surface area contributed by atoms with Gasteiger partial charge in [0.2, 0.25) is 11.8 Å².